The smallest absolute Gasteiger partial charge is 0.102 e. The molecule has 0 aromatic rings. The maximum Gasteiger partial charge on any atom is 0.397 e. The highest BCUT2D eigenvalue weighted by Gasteiger charge is 2.18. The first-order valence-corrected chi connectivity index (χ1v) is 4.04. The summed E-state index contributed by atoms with van der Waals surface area (Å²) in [5.41, 5.74) is 0. The minimum Gasteiger partial charge on any atom is -0.102 e. The second-order valence-corrected chi connectivity index (χ2v) is 4.70. The van der Waals surface area contributed by atoms with E-state index in [2.05, 4.69) is 14.1 Å². The van der Waals surface area contributed by atoms with Crippen molar-refractivity contribution in [3.63, 3.8) is 0 Å². The maximum atomic E-state index is 4.20. The summed E-state index contributed by atoms with van der Waals surface area (Å²) in [6.45, 7) is 0. The van der Waals surface area contributed by atoms with Crippen molar-refractivity contribution >= 4 is 8.01 Å². The zero-order valence-corrected chi connectivity index (χ0v) is 7.68. The molecule has 0 fully saturated rings. The molecular weight excluding hydrogens is 133 g/mol. The minimum atomic E-state index is -0.385. The van der Waals surface area contributed by atoms with Gasteiger partial charge in [-0.15, -0.1) is 9.34 Å². The summed E-state index contributed by atoms with van der Waals surface area (Å²) in [4.78, 5) is 0. The summed E-state index contributed by atoms with van der Waals surface area (Å²) in [6.07, 6.45) is 0. The van der Waals surface area contributed by atoms with Crippen molar-refractivity contribution in [1.29, 1.82) is 0 Å². The van der Waals surface area contributed by atoms with E-state index >= 15 is 0 Å². The molecule has 0 aromatic carbocycles. The van der Waals surface area contributed by atoms with E-state index in [1.165, 1.54) is 0 Å². The Labute approximate surface area is 58.2 Å². The molecule has 0 unspecified atom stereocenters. The SMILES string of the molecule is CN=[P+](N(C)C)N(C)C. The van der Waals surface area contributed by atoms with Crippen LogP contribution in [0, 0.1) is 0 Å². The monoisotopic (exact) mass is 148 g/mol. The van der Waals surface area contributed by atoms with E-state index in [0.717, 1.165) is 0 Å². The summed E-state index contributed by atoms with van der Waals surface area (Å²) >= 11 is 0. The van der Waals surface area contributed by atoms with Gasteiger partial charge in [-0.3, -0.25) is 0 Å². The quantitative estimate of drug-likeness (QED) is 0.548. The molecule has 0 saturated heterocycles. The van der Waals surface area contributed by atoms with Gasteiger partial charge in [0, 0.05) is 28.2 Å². The Bertz CT molecular complexity index is 98.8. The predicted molar refractivity (Wildman–Crippen MR) is 42.6 cm³/mol. The molecule has 3 nitrogen and oxygen atoms in total. The average Bonchev–Trinajstić information content (AvgIpc) is 1.64. The van der Waals surface area contributed by atoms with Gasteiger partial charge in [-0.25, -0.2) is 0 Å². The van der Waals surface area contributed by atoms with Gasteiger partial charge in [-0.1, -0.05) is 4.74 Å². The Balaban J connectivity index is 4.01. The van der Waals surface area contributed by atoms with Crippen molar-refractivity contribution in [2.24, 2.45) is 4.74 Å². The number of hydrogen-bond donors (Lipinski definition) is 0. The van der Waals surface area contributed by atoms with Gasteiger partial charge in [0.05, 0.1) is 7.05 Å². The van der Waals surface area contributed by atoms with Crippen molar-refractivity contribution in [1.82, 2.24) is 9.34 Å². The third-order valence-corrected chi connectivity index (χ3v) is 2.68. The Kier molecular flexibility index (Phi) is 3.95. The highest BCUT2D eigenvalue weighted by molar-refractivity contribution is 7.41. The van der Waals surface area contributed by atoms with Gasteiger partial charge < -0.3 is 0 Å². The van der Waals surface area contributed by atoms with E-state index in [9.17, 15) is 0 Å². The lowest BCUT2D eigenvalue weighted by Crippen LogP contribution is -2.11. The minimum absolute atomic E-state index is 0.385. The standard InChI is InChI=1S/C5H15N3P/c1-6-9(7(2)3)8(4)5/h1-5H3/q+1. The van der Waals surface area contributed by atoms with Crippen molar-refractivity contribution in [3.05, 3.63) is 0 Å². The lowest BCUT2D eigenvalue weighted by molar-refractivity contribution is 0.583. The van der Waals surface area contributed by atoms with Gasteiger partial charge >= 0.3 is 8.01 Å². The van der Waals surface area contributed by atoms with Crippen LogP contribution in [0.5, 0.6) is 0 Å². The van der Waals surface area contributed by atoms with E-state index in [1.807, 2.05) is 35.2 Å². The van der Waals surface area contributed by atoms with E-state index in [4.69, 9.17) is 0 Å². The Morgan fingerprint density at radius 1 is 1.00 bits per heavy atom. The van der Waals surface area contributed by atoms with Gasteiger partial charge in [0.15, 0.2) is 0 Å². The molecular formula is C5H15N3P+. The van der Waals surface area contributed by atoms with Crippen molar-refractivity contribution < 1.29 is 0 Å². The molecule has 0 N–H and O–H groups in total. The molecule has 9 heavy (non-hydrogen) atoms. The molecule has 0 amide bonds. The summed E-state index contributed by atoms with van der Waals surface area (Å²) in [6, 6.07) is 0. The molecule has 0 bridgehead atoms. The molecule has 0 heterocycles. The summed E-state index contributed by atoms with van der Waals surface area (Å²) in [5.74, 6) is 0. The van der Waals surface area contributed by atoms with Crippen LogP contribution in [0.25, 0.3) is 0 Å². The molecule has 0 aliphatic heterocycles. The normalized spacial score (nSPS) is 10.6. The average molecular weight is 148 g/mol. The molecule has 0 atom stereocenters. The lowest BCUT2D eigenvalue weighted by Gasteiger charge is -2.03. The van der Waals surface area contributed by atoms with Gasteiger partial charge in [0.2, 0.25) is 0 Å². The molecule has 0 rings (SSSR count). The lowest BCUT2D eigenvalue weighted by atomic mass is 11.3. The first kappa shape index (κ1) is 9.02. The molecule has 0 radical (unpaired) electrons. The second-order valence-electron chi connectivity index (χ2n) is 2.16. The zero-order valence-electron chi connectivity index (χ0n) is 6.79. The largest absolute Gasteiger partial charge is 0.397 e. The second kappa shape index (κ2) is 3.94. The number of hydrogen-bond acceptors (Lipinski definition) is 1. The third kappa shape index (κ3) is 2.89. The molecule has 0 spiro atoms. The Hall–Kier alpha value is 0.0200. The van der Waals surface area contributed by atoms with Gasteiger partial charge in [-0.2, -0.15) is 0 Å². The maximum absolute atomic E-state index is 4.20. The summed E-state index contributed by atoms with van der Waals surface area (Å²) < 4.78 is 8.44. The highest BCUT2D eigenvalue weighted by Crippen LogP contribution is 2.28. The first-order chi connectivity index (χ1) is 4.09. The van der Waals surface area contributed by atoms with Crippen molar-refractivity contribution in [2.45, 2.75) is 0 Å². The van der Waals surface area contributed by atoms with Crippen LogP contribution >= 0.6 is 8.01 Å². The molecule has 0 aliphatic rings. The fourth-order valence-electron chi connectivity index (χ4n) is 0.716. The van der Waals surface area contributed by atoms with Crippen molar-refractivity contribution in [2.75, 3.05) is 35.2 Å². The van der Waals surface area contributed by atoms with E-state index in [-0.39, 0.29) is 8.01 Å². The van der Waals surface area contributed by atoms with Crippen LogP contribution < -0.4 is 0 Å². The van der Waals surface area contributed by atoms with Crippen LogP contribution in [0.1, 0.15) is 0 Å². The fourth-order valence-corrected chi connectivity index (χ4v) is 2.15. The Morgan fingerprint density at radius 3 is 1.33 bits per heavy atom. The van der Waals surface area contributed by atoms with Crippen molar-refractivity contribution in [3.8, 4) is 0 Å². The number of rotatable bonds is 2. The third-order valence-electron chi connectivity index (χ3n) is 0.894. The molecule has 0 aromatic heterocycles. The predicted octanol–water partition coefficient (Wildman–Crippen LogP) is 1.23. The summed E-state index contributed by atoms with van der Waals surface area (Å²) in [5, 5.41) is 0. The molecule has 54 valence electrons. The van der Waals surface area contributed by atoms with Crippen LogP contribution in [0.15, 0.2) is 4.74 Å². The van der Waals surface area contributed by atoms with Crippen LogP contribution in [-0.2, 0) is 0 Å². The molecule has 4 heteroatoms. The van der Waals surface area contributed by atoms with E-state index in [0.29, 0.717) is 0 Å². The van der Waals surface area contributed by atoms with E-state index in [1.54, 1.807) is 0 Å². The number of nitrogens with zero attached hydrogens (tertiary/aromatic N) is 3. The van der Waals surface area contributed by atoms with Crippen LogP contribution in [0.4, 0.5) is 0 Å². The Morgan fingerprint density at radius 2 is 1.33 bits per heavy atom. The van der Waals surface area contributed by atoms with Gasteiger partial charge in [0.25, 0.3) is 0 Å². The van der Waals surface area contributed by atoms with E-state index < -0.39 is 0 Å². The fraction of sp³-hybridized carbons (Fsp3) is 1.00. The molecule has 0 saturated carbocycles. The van der Waals surface area contributed by atoms with Gasteiger partial charge in [0.1, 0.15) is 0 Å². The van der Waals surface area contributed by atoms with Crippen LogP contribution in [0.2, 0.25) is 0 Å². The van der Waals surface area contributed by atoms with Crippen LogP contribution in [0.3, 0.4) is 0 Å². The highest BCUT2D eigenvalue weighted by atomic mass is 31.1. The summed E-state index contributed by atoms with van der Waals surface area (Å²) in [7, 11) is 9.63. The first-order valence-electron chi connectivity index (χ1n) is 2.84. The van der Waals surface area contributed by atoms with Gasteiger partial charge in [-0.05, 0) is 0 Å². The van der Waals surface area contributed by atoms with Crippen LogP contribution in [-0.4, -0.2) is 44.6 Å². The zero-order chi connectivity index (χ0) is 7.44. The topological polar surface area (TPSA) is 18.8 Å². The molecule has 0 aliphatic carbocycles.